The number of nitrogens with one attached hydrogen (secondary N) is 2. The number of carbonyl (C=O) groups is 1. The molecule has 0 aliphatic carbocycles. The van der Waals surface area contributed by atoms with E-state index in [0.29, 0.717) is 5.69 Å². The Bertz CT molecular complexity index is 865. The third kappa shape index (κ3) is 2.69. The molecule has 0 atom stereocenters. The van der Waals surface area contributed by atoms with Crippen LogP contribution in [0.1, 0.15) is 21.6 Å². The van der Waals surface area contributed by atoms with Gasteiger partial charge < -0.3 is 14.9 Å². The number of anilines is 1. The fourth-order valence-corrected chi connectivity index (χ4v) is 2.35. The van der Waals surface area contributed by atoms with Crippen molar-refractivity contribution in [1.29, 1.82) is 0 Å². The van der Waals surface area contributed by atoms with Gasteiger partial charge in [-0.05, 0) is 30.7 Å². The first-order chi connectivity index (χ1) is 10.6. The van der Waals surface area contributed by atoms with Crippen LogP contribution in [0.4, 0.5) is 5.69 Å². The highest BCUT2D eigenvalue weighted by molar-refractivity contribution is 6.00. The number of benzene rings is 2. The number of fused-ring (bicyclic) bond motifs is 1. The minimum absolute atomic E-state index is 0.114. The van der Waals surface area contributed by atoms with Gasteiger partial charge in [0.1, 0.15) is 0 Å². The zero-order valence-corrected chi connectivity index (χ0v) is 12.0. The zero-order valence-electron chi connectivity index (χ0n) is 12.0. The smallest absolute Gasteiger partial charge is 0.0716 e. The van der Waals surface area contributed by atoms with E-state index in [1.807, 2.05) is 31.2 Å². The van der Waals surface area contributed by atoms with E-state index in [-0.39, 0.29) is 5.56 Å². The zero-order chi connectivity index (χ0) is 15.5. The summed E-state index contributed by atoms with van der Waals surface area (Å²) in [5.74, 6) is -1.21. The molecule has 0 amide bonds. The van der Waals surface area contributed by atoms with Gasteiger partial charge in [0, 0.05) is 22.2 Å². The Balaban J connectivity index is 1.83. The van der Waals surface area contributed by atoms with E-state index < -0.39 is 5.97 Å². The predicted molar refractivity (Wildman–Crippen MR) is 85.0 cm³/mol. The van der Waals surface area contributed by atoms with Gasteiger partial charge in [0.05, 0.1) is 17.9 Å². The Labute approximate surface area is 127 Å². The van der Waals surface area contributed by atoms with Crippen molar-refractivity contribution in [2.24, 2.45) is 5.10 Å². The van der Waals surface area contributed by atoms with Crippen molar-refractivity contribution in [2.45, 2.75) is 6.92 Å². The number of carbonyl (C=O) groups excluding carboxylic acids is 1. The summed E-state index contributed by atoms with van der Waals surface area (Å²) in [6, 6.07) is 14.3. The molecule has 1 aromatic heterocycles. The van der Waals surface area contributed by atoms with Crippen molar-refractivity contribution in [3.8, 4) is 0 Å². The average molecular weight is 292 g/mol. The van der Waals surface area contributed by atoms with Crippen molar-refractivity contribution < 1.29 is 9.90 Å². The molecule has 0 spiro atoms. The molecule has 1 heterocycles. The normalized spacial score (nSPS) is 11.1. The summed E-state index contributed by atoms with van der Waals surface area (Å²) < 4.78 is 0. The number of hydrogen-bond acceptors (Lipinski definition) is 4. The maximum Gasteiger partial charge on any atom is 0.0716 e. The quantitative estimate of drug-likeness (QED) is 0.572. The van der Waals surface area contributed by atoms with Crippen molar-refractivity contribution in [3.05, 3.63) is 65.4 Å². The van der Waals surface area contributed by atoms with E-state index in [4.69, 9.17) is 0 Å². The molecule has 0 radical (unpaired) electrons. The Morgan fingerprint density at radius 2 is 2.05 bits per heavy atom. The standard InChI is InChI=1S/C17H15N3O2/c1-11-15(14-7-2-3-8-16(14)19-11)10-18-20-13-6-4-5-12(9-13)17(21)22/h2-10,19-20H,1H3,(H,21,22)/p-1/b18-10+. The minimum Gasteiger partial charge on any atom is -0.545 e. The number of aromatic amines is 1. The van der Waals surface area contributed by atoms with Crippen LogP contribution in [0.25, 0.3) is 10.9 Å². The largest absolute Gasteiger partial charge is 0.545 e. The fraction of sp³-hybridized carbons (Fsp3) is 0.0588. The van der Waals surface area contributed by atoms with Gasteiger partial charge in [-0.25, -0.2) is 0 Å². The van der Waals surface area contributed by atoms with E-state index in [1.165, 1.54) is 12.1 Å². The van der Waals surface area contributed by atoms with Gasteiger partial charge in [0.15, 0.2) is 0 Å². The molecule has 5 nitrogen and oxygen atoms in total. The average Bonchev–Trinajstić information content (AvgIpc) is 2.84. The number of carboxylic acids is 1. The monoisotopic (exact) mass is 292 g/mol. The summed E-state index contributed by atoms with van der Waals surface area (Å²) in [6.45, 7) is 1.98. The van der Waals surface area contributed by atoms with Gasteiger partial charge in [-0.3, -0.25) is 5.43 Å². The molecule has 2 N–H and O–H groups in total. The Morgan fingerprint density at radius 1 is 1.23 bits per heavy atom. The first-order valence-corrected chi connectivity index (χ1v) is 6.83. The Kier molecular flexibility index (Phi) is 3.62. The van der Waals surface area contributed by atoms with Crippen LogP contribution in [0.2, 0.25) is 0 Å². The van der Waals surface area contributed by atoms with Gasteiger partial charge in [-0.2, -0.15) is 5.10 Å². The molecule has 0 bridgehead atoms. The Morgan fingerprint density at radius 3 is 2.86 bits per heavy atom. The first kappa shape index (κ1) is 13.9. The summed E-state index contributed by atoms with van der Waals surface area (Å²) in [5, 5.41) is 16.1. The number of hydrazone groups is 1. The number of aromatic carboxylic acids is 1. The maximum absolute atomic E-state index is 10.8. The van der Waals surface area contributed by atoms with Crippen LogP contribution in [-0.4, -0.2) is 17.2 Å². The second kappa shape index (κ2) is 5.73. The molecule has 2 aromatic carbocycles. The maximum atomic E-state index is 10.8. The number of aromatic nitrogens is 1. The van der Waals surface area contributed by atoms with Crippen LogP contribution in [0.3, 0.4) is 0 Å². The van der Waals surface area contributed by atoms with Gasteiger partial charge in [0.25, 0.3) is 0 Å². The molecule has 22 heavy (non-hydrogen) atoms. The number of rotatable bonds is 4. The van der Waals surface area contributed by atoms with Crippen molar-refractivity contribution >= 4 is 28.8 Å². The number of H-pyrrole nitrogens is 1. The second-order valence-electron chi connectivity index (χ2n) is 4.95. The highest BCUT2D eigenvalue weighted by atomic mass is 16.4. The van der Waals surface area contributed by atoms with Crippen LogP contribution in [0.15, 0.2) is 53.6 Å². The lowest BCUT2D eigenvalue weighted by Gasteiger charge is -2.05. The van der Waals surface area contributed by atoms with Gasteiger partial charge in [0.2, 0.25) is 0 Å². The summed E-state index contributed by atoms with van der Waals surface area (Å²) in [5.41, 5.74) is 6.62. The molecule has 3 aromatic rings. The van der Waals surface area contributed by atoms with Crippen molar-refractivity contribution in [1.82, 2.24) is 4.98 Å². The highest BCUT2D eigenvalue weighted by Crippen LogP contribution is 2.20. The molecule has 5 heteroatoms. The van der Waals surface area contributed by atoms with E-state index in [0.717, 1.165) is 22.2 Å². The van der Waals surface area contributed by atoms with E-state index in [1.54, 1.807) is 18.3 Å². The van der Waals surface area contributed by atoms with E-state index >= 15 is 0 Å². The summed E-state index contributed by atoms with van der Waals surface area (Å²) >= 11 is 0. The third-order valence-corrected chi connectivity index (χ3v) is 3.43. The molecule has 0 aliphatic rings. The third-order valence-electron chi connectivity index (χ3n) is 3.43. The van der Waals surface area contributed by atoms with Crippen molar-refractivity contribution in [2.75, 3.05) is 5.43 Å². The van der Waals surface area contributed by atoms with Crippen LogP contribution in [0, 0.1) is 6.92 Å². The highest BCUT2D eigenvalue weighted by Gasteiger charge is 2.04. The number of aryl methyl sites for hydroxylation is 1. The van der Waals surface area contributed by atoms with Crippen LogP contribution in [-0.2, 0) is 0 Å². The molecular formula is C17H14N3O2-. The topological polar surface area (TPSA) is 80.3 Å². The lowest BCUT2D eigenvalue weighted by molar-refractivity contribution is -0.255. The minimum atomic E-state index is -1.21. The number of hydrogen-bond donors (Lipinski definition) is 2. The molecule has 0 saturated heterocycles. The molecule has 110 valence electrons. The lowest BCUT2D eigenvalue weighted by atomic mass is 10.1. The van der Waals surface area contributed by atoms with E-state index in [9.17, 15) is 9.90 Å². The second-order valence-corrected chi connectivity index (χ2v) is 4.95. The Hall–Kier alpha value is -3.08. The molecule has 0 aliphatic heterocycles. The lowest BCUT2D eigenvalue weighted by Crippen LogP contribution is -2.22. The summed E-state index contributed by atoms with van der Waals surface area (Å²) in [4.78, 5) is 14.1. The SMILES string of the molecule is Cc1[nH]c2ccccc2c1/C=N/Nc1cccc(C(=O)[O-])c1. The van der Waals surface area contributed by atoms with E-state index in [2.05, 4.69) is 15.5 Å². The van der Waals surface area contributed by atoms with Gasteiger partial charge in [-0.15, -0.1) is 0 Å². The van der Waals surface area contributed by atoms with Crippen molar-refractivity contribution in [3.63, 3.8) is 0 Å². The molecule has 3 rings (SSSR count). The number of carboxylic acid groups (broad SMARTS) is 1. The molecule has 0 unspecified atom stereocenters. The number of para-hydroxylation sites is 1. The van der Waals surface area contributed by atoms with Crippen LogP contribution in [0.5, 0.6) is 0 Å². The first-order valence-electron chi connectivity index (χ1n) is 6.83. The fourth-order valence-electron chi connectivity index (χ4n) is 2.35. The van der Waals surface area contributed by atoms with Crippen LogP contribution < -0.4 is 10.5 Å². The summed E-state index contributed by atoms with van der Waals surface area (Å²) in [7, 11) is 0. The van der Waals surface area contributed by atoms with Gasteiger partial charge in [-0.1, -0.05) is 30.3 Å². The molecule has 0 saturated carbocycles. The predicted octanol–water partition coefficient (Wildman–Crippen LogP) is 2.29. The molecular weight excluding hydrogens is 278 g/mol. The molecule has 0 fully saturated rings. The van der Waals surface area contributed by atoms with Gasteiger partial charge >= 0.3 is 0 Å². The number of nitrogens with zero attached hydrogens (tertiary/aromatic N) is 1. The van der Waals surface area contributed by atoms with Crippen LogP contribution >= 0.6 is 0 Å². The summed E-state index contributed by atoms with van der Waals surface area (Å²) in [6.07, 6.45) is 1.72.